The third-order valence-electron chi connectivity index (χ3n) is 3.84. The number of nitrogens with one attached hydrogen (secondary N) is 2. The smallest absolute Gasteiger partial charge is 0.191 e. The topological polar surface area (TPSA) is 50.6 Å². The Balaban J connectivity index is 0.00000312. The highest BCUT2D eigenvalue weighted by atomic mass is 127. The Morgan fingerprint density at radius 2 is 2.00 bits per heavy atom. The van der Waals surface area contributed by atoms with Crippen LogP contribution in [-0.2, 0) is 20.0 Å². The van der Waals surface area contributed by atoms with E-state index in [2.05, 4.69) is 59.9 Å². The number of aryl methyl sites for hydroxylation is 2. The molecule has 1 aromatic carbocycles. The van der Waals surface area contributed by atoms with Gasteiger partial charge in [0.05, 0.1) is 13.7 Å². The minimum atomic E-state index is 0. The van der Waals surface area contributed by atoms with Crippen molar-refractivity contribution < 1.29 is 4.74 Å². The van der Waals surface area contributed by atoms with E-state index in [1.165, 1.54) is 11.1 Å². The SMILES string of the molecule is CCNC(=NCc1ccn(C)c1)NCCc1ccc(C)c(OC)c1.I. The predicted molar refractivity (Wildman–Crippen MR) is 115 cm³/mol. The Labute approximate surface area is 167 Å². The van der Waals surface area contributed by atoms with Gasteiger partial charge in [0.15, 0.2) is 5.96 Å². The Kier molecular flexibility index (Phi) is 9.41. The van der Waals surface area contributed by atoms with Gasteiger partial charge >= 0.3 is 0 Å². The van der Waals surface area contributed by atoms with Crippen molar-refractivity contribution in [3.8, 4) is 5.75 Å². The van der Waals surface area contributed by atoms with Crippen molar-refractivity contribution in [2.24, 2.45) is 12.0 Å². The fourth-order valence-corrected chi connectivity index (χ4v) is 2.51. The molecule has 0 saturated carbocycles. The number of ether oxygens (including phenoxy) is 1. The average molecular weight is 456 g/mol. The molecule has 2 rings (SSSR count). The Hall–Kier alpha value is -1.70. The quantitative estimate of drug-likeness (QED) is 0.382. The largest absolute Gasteiger partial charge is 0.496 e. The van der Waals surface area contributed by atoms with Gasteiger partial charge in [0.25, 0.3) is 0 Å². The summed E-state index contributed by atoms with van der Waals surface area (Å²) in [6.07, 6.45) is 5.05. The summed E-state index contributed by atoms with van der Waals surface area (Å²) in [6.45, 7) is 6.48. The van der Waals surface area contributed by atoms with Crippen molar-refractivity contribution in [1.29, 1.82) is 0 Å². The van der Waals surface area contributed by atoms with Crippen LogP contribution in [0.15, 0.2) is 41.7 Å². The molecule has 0 aliphatic heterocycles. The van der Waals surface area contributed by atoms with Crippen LogP contribution >= 0.6 is 24.0 Å². The van der Waals surface area contributed by atoms with Crippen molar-refractivity contribution in [2.45, 2.75) is 26.8 Å². The zero-order valence-corrected chi connectivity index (χ0v) is 17.8. The van der Waals surface area contributed by atoms with E-state index in [4.69, 9.17) is 4.74 Å². The number of guanidine groups is 1. The lowest BCUT2D eigenvalue weighted by atomic mass is 10.1. The first-order chi connectivity index (χ1) is 11.6. The second kappa shape index (κ2) is 11.0. The fourth-order valence-electron chi connectivity index (χ4n) is 2.51. The lowest BCUT2D eigenvalue weighted by molar-refractivity contribution is 0.411. The summed E-state index contributed by atoms with van der Waals surface area (Å²) >= 11 is 0. The standard InChI is InChI=1S/C19H28N4O.HI/c1-5-20-19(22-13-17-9-11-23(3)14-17)21-10-8-16-7-6-15(2)18(12-16)24-4;/h6-7,9,11-12,14H,5,8,10,13H2,1-4H3,(H2,20,21,22);1H. The number of methoxy groups -OCH3 is 1. The summed E-state index contributed by atoms with van der Waals surface area (Å²) in [5.41, 5.74) is 3.62. The van der Waals surface area contributed by atoms with Gasteiger partial charge in [-0.05, 0) is 49.1 Å². The Bertz CT molecular complexity index is 682. The molecule has 0 fully saturated rings. The summed E-state index contributed by atoms with van der Waals surface area (Å²) in [5.74, 6) is 1.79. The van der Waals surface area contributed by atoms with E-state index in [0.29, 0.717) is 6.54 Å². The van der Waals surface area contributed by atoms with Crippen LogP contribution in [0, 0.1) is 6.92 Å². The van der Waals surface area contributed by atoms with Crippen LogP contribution in [0.4, 0.5) is 0 Å². The number of aliphatic imine (C=N–C) groups is 1. The molecule has 25 heavy (non-hydrogen) atoms. The highest BCUT2D eigenvalue weighted by Gasteiger charge is 2.02. The summed E-state index contributed by atoms with van der Waals surface area (Å²) in [4.78, 5) is 4.63. The summed E-state index contributed by atoms with van der Waals surface area (Å²) < 4.78 is 7.42. The first-order valence-electron chi connectivity index (χ1n) is 8.39. The van der Waals surface area contributed by atoms with Crippen molar-refractivity contribution in [1.82, 2.24) is 15.2 Å². The highest BCUT2D eigenvalue weighted by Crippen LogP contribution is 2.18. The third kappa shape index (κ3) is 6.97. The molecular weight excluding hydrogens is 427 g/mol. The monoisotopic (exact) mass is 456 g/mol. The van der Waals surface area contributed by atoms with E-state index in [0.717, 1.165) is 36.8 Å². The van der Waals surface area contributed by atoms with E-state index in [9.17, 15) is 0 Å². The fraction of sp³-hybridized carbons (Fsp3) is 0.421. The molecule has 0 saturated heterocycles. The van der Waals surface area contributed by atoms with E-state index in [1.807, 2.05) is 17.8 Å². The van der Waals surface area contributed by atoms with Gasteiger partial charge in [-0.2, -0.15) is 0 Å². The lowest BCUT2D eigenvalue weighted by Crippen LogP contribution is -2.38. The van der Waals surface area contributed by atoms with Crippen molar-refractivity contribution in [3.05, 3.63) is 53.3 Å². The van der Waals surface area contributed by atoms with Crippen molar-refractivity contribution in [2.75, 3.05) is 20.2 Å². The number of rotatable bonds is 7. The minimum Gasteiger partial charge on any atom is -0.496 e. The molecule has 0 atom stereocenters. The first-order valence-corrected chi connectivity index (χ1v) is 8.39. The van der Waals surface area contributed by atoms with E-state index >= 15 is 0 Å². The van der Waals surface area contributed by atoms with Crippen molar-refractivity contribution >= 4 is 29.9 Å². The molecular formula is C19H29IN4O. The predicted octanol–water partition coefficient (Wildman–Crippen LogP) is 3.26. The van der Waals surface area contributed by atoms with Gasteiger partial charge in [-0.3, -0.25) is 0 Å². The van der Waals surface area contributed by atoms with Crippen molar-refractivity contribution in [3.63, 3.8) is 0 Å². The molecule has 5 nitrogen and oxygen atoms in total. The second-order valence-electron chi connectivity index (χ2n) is 5.86. The lowest BCUT2D eigenvalue weighted by Gasteiger charge is -2.12. The Morgan fingerprint density at radius 3 is 2.64 bits per heavy atom. The number of halogens is 1. The molecule has 2 N–H and O–H groups in total. The van der Waals surface area contributed by atoms with E-state index in [-0.39, 0.29) is 24.0 Å². The molecule has 0 unspecified atom stereocenters. The van der Waals surface area contributed by atoms with Crippen LogP contribution in [-0.4, -0.2) is 30.7 Å². The highest BCUT2D eigenvalue weighted by molar-refractivity contribution is 14.0. The molecule has 1 aromatic heterocycles. The van der Waals surface area contributed by atoms with Crippen LogP contribution < -0.4 is 15.4 Å². The zero-order chi connectivity index (χ0) is 17.4. The molecule has 0 amide bonds. The van der Waals surface area contributed by atoms with Gasteiger partial charge < -0.3 is 19.9 Å². The molecule has 0 spiro atoms. The number of hydrogen-bond acceptors (Lipinski definition) is 2. The zero-order valence-electron chi connectivity index (χ0n) is 15.5. The van der Waals surface area contributed by atoms with Gasteiger partial charge in [-0.1, -0.05) is 12.1 Å². The number of hydrogen-bond donors (Lipinski definition) is 2. The van der Waals surface area contributed by atoms with Gasteiger partial charge in [0.2, 0.25) is 0 Å². The normalized spacial score (nSPS) is 11.0. The van der Waals surface area contributed by atoms with Crippen LogP contribution in [0.3, 0.4) is 0 Å². The van der Waals surface area contributed by atoms with Crippen LogP contribution in [0.25, 0.3) is 0 Å². The maximum Gasteiger partial charge on any atom is 0.191 e. The maximum absolute atomic E-state index is 5.38. The molecule has 0 aliphatic rings. The van der Waals surface area contributed by atoms with Crippen LogP contribution in [0.1, 0.15) is 23.6 Å². The van der Waals surface area contributed by atoms with E-state index in [1.54, 1.807) is 7.11 Å². The number of nitrogens with zero attached hydrogens (tertiary/aromatic N) is 2. The molecule has 2 aromatic rings. The van der Waals surface area contributed by atoms with Gasteiger partial charge in [0.1, 0.15) is 5.75 Å². The summed E-state index contributed by atoms with van der Waals surface area (Å²) in [6, 6.07) is 8.44. The van der Waals surface area contributed by atoms with E-state index < -0.39 is 0 Å². The first kappa shape index (κ1) is 21.3. The molecule has 138 valence electrons. The third-order valence-corrected chi connectivity index (χ3v) is 3.84. The molecule has 6 heteroatoms. The second-order valence-corrected chi connectivity index (χ2v) is 5.86. The van der Waals surface area contributed by atoms with Gasteiger partial charge in [-0.15, -0.1) is 24.0 Å². The Morgan fingerprint density at radius 1 is 1.20 bits per heavy atom. The van der Waals surface area contributed by atoms with Gasteiger partial charge in [-0.25, -0.2) is 4.99 Å². The number of benzene rings is 1. The number of aromatic nitrogens is 1. The average Bonchev–Trinajstić information content (AvgIpc) is 2.99. The molecule has 0 bridgehead atoms. The summed E-state index contributed by atoms with van der Waals surface area (Å²) in [7, 11) is 3.73. The molecule has 0 aliphatic carbocycles. The van der Waals surface area contributed by atoms with Crippen LogP contribution in [0.5, 0.6) is 5.75 Å². The van der Waals surface area contributed by atoms with Gasteiger partial charge in [0, 0.05) is 32.5 Å². The maximum atomic E-state index is 5.38. The van der Waals surface area contributed by atoms with Crippen LogP contribution in [0.2, 0.25) is 0 Å². The molecule has 0 radical (unpaired) electrons. The molecule has 1 heterocycles. The minimum absolute atomic E-state index is 0. The summed E-state index contributed by atoms with van der Waals surface area (Å²) in [5, 5.41) is 6.67.